The Morgan fingerprint density at radius 1 is 1.03 bits per heavy atom. The third-order valence-corrected chi connectivity index (χ3v) is 5.64. The number of halogens is 1. The third kappa shape index (κ3) is 5.05. The van der Waals surface area contributed by atoms with E-state index in [4.69, 9.17) is 0 Å². The normalized spacial score (nSPS) is 14.8. The first-order chi connectivity index (χ1) is 14.3. The number of carbonyl (C=O) groups excluding carboxylic acids is 2. The number of rotatable bonds is 5. The molecule has 2 aromatic rings. The van der Waals surface area contributed by atoms with Gasteiger partial charge in [-0.3, -0.25) is 14.5 Å². The zero-order valence-electron chi connectivity index (χ0n) is 18.2. The van der Waals surface area contributed by atoms with Gasteiger partial charge in [-0.2, -0.15) is 0 Å². The van der Waals surface area contributed by atoms with Crippen LogP contribution in [0.5, 0.6) is 0 Å². The van der Waals surface area contributed by atoms with E-state index in [0.29, 0.717) is 43.2 Å². The Bertz CT molecular complexity index is 934. The van der Waals surface area contributed by atoms with E-state index in [1.54, 1.807) is 24.0 Å². The number of piperazine rings is 1. The molecule has 3 rings (SSSR count). The van der Waals surface area contributed by atoms with Crippen LogP contribution in [-0.4, -0.2) is 54.3 Å². The summed E-state index contributed by atoms with van der Waals surface area (Å²) in [6.07, 6.45) is 0. The fourth-order valence-corrected chi connectivity index (χ4v) is 3.74. The lowest BCUT2D eigenvalue weighted by molar-refractivity contribution is -0.117. The van der Waals surface area contributed by atoms with Crippen LogP contribution in [0.4, 0.5) is 10.1 Å². The number of para-hydroxylation sites is 1. The van der Waals surface area contributed by atoms with E-state index in [9.17, 15) is 14.0 Å². The van der Waals surface area contributed by atoms with Crippen LogP contribution >= 0.6 is 0 Å². The van der Waals surface area contributed by atoms with Gasteiger partial charge in [-0.05, 0) is 48.6 Å². The molecule has 1 aliphatic rings. The molecule has 0 atom stereocenters. The fourth-order valence-electron chi connectivity index (χ4n) is 3.74. The Morgan fingerprint density at radius 3 is 2.37 bits per heavy atom. The van der Waals surface area contributed by atoms with Crippen LogP contribution in [0.25, 0.3) is 0 Å². The molecular formula is C24H30FN3O2. The molecule has 1 N–H and O–H groups in total. The number of benzene rings is 2. The van der Waals surface area contributed by atoms with Crippen LogP contribution in [0.2, 0.25) is 0 Å². The van der Waals surface area contributed by atoms with Gasteiger partial charge in [0.2, 0.25) is 5.91 Å². The lowest BCUT2D eigenvalue weighted by Gasteiger charge is -2.34. The maximum Gasteiger partial charge on any atom is 0.254 e. The number of nitrogens with zero attached hydrogens (tertiary/aromatic N) is 2. The minimum atomic E-state index is -0.367. The van der Waals surface area contributed by atoms with E-state index in [0.717, 1.165) is 16.8 Å². The van der Waals surface area contributed by atoms with Crippen molar-refractivity contribution in [2.45, 2.75) is 33.6 Å². The average Bonchev–Trinajstić information content (AvgIpc) is 2.71. The average molecular weight is 412 g/mol. The number of amides is 2. The lowest BCUT2D eigenvalue weighted by Crippen LogP contribution is -2.50. The maximum absolute atomic E-state index is 13.8. The number of anilines is 1. The summed E-state index contributed by atoms with van der Waals surface area (Å²) in [6.45, 7) is 10.4. The Labute approximate surface area is 177 Å². The number of aryl methyl sites for hydroxylation is 2. The molecular weight excluding hydrogens is 381 g/mol. The summed E-state index contributed by atoms with van der Waals surface area (Å²) in [5, 5.41) is 3.08. The largest absolute Gasteiger partial charge is 0.336 e. The first kappa shape index (κ1) is 22.0. The second kappa shape index (κ2) is 9.39. The van der Waals surface area contributed by atoms with E-state index in [-0.39, 0.29) is 24.2 Å². The standard InChI is InChI=1S/C24H30FN3O2/c1-16(2)20-7-5-6-18(4)23(20)26-22(29)15-27-10-12-28(13-11-27)24(30)19-9-8-17(3)21(25)14-19/h5-9,14,16H,10-13,15H2,1-4H3,(H,26,29). The van der Waals surface area contributed by atoms with Crippen LogP contribution < -0.4 is 5.32 Å². The number of carbonyl (C=O) groups is 2. The van der Waals surface area contributed by atoms with Gasteiger partial charge >= 0.3 is 0 Å². The highest BCUT2D eigenvalue weighted by molar-refractivity contribution is 5.95. The van der Waals surface area contributed by atoms with Gasteiger partial charge in [0.1, 0.15) is 5.82 Å². The Kier molecular flexibility index (Phi) is 6.87. The van der Waals surface area contributed by atoms with Crippen molar-refractivity contribution in [1.82, 2.24) is 9.80 Å². The Morgan fingerprint density at radius 2 is 1.73 bits per heavy atom. The van der Waals surface area contributed by atoms with E-state index in [1.165, 1.54) is 6.07 Å². The predicted molar refractivity (Wildman–Crippen MR) is 117 cm³/mol. The van der Waals surface area contributed by atoms with Crippen LogP contribution in [0, 0.1) is 19.7 Å². The summed E-state index contributed by atoms with van der Waals surface area (Å²) in [5.74, 6) is -0.263. The van der Waals surface area contributed by atoms with E-state index >= 15 is 0 Å². The molecule has 5 nitrogen and oxygen atoms in total. The van der Waals surface area contributed by atoms with Gasteiger partial charge in [-0.15, -0.1) is 0 Å². The fraction of sp³-hybridized carbons (Fsp3) is 0.417. The molecule has 2 amide bonds. The number of hydrogen-bond acceptors (Lipinski definition) is 3. The van der Waals surface area contributed by atoms with E-state index in [1.807, 2.05) is 30.0 Å². The molecule has 0 aliphatic carbocycles. The number of nitrogens with one attached hydrogen (secondary N) is 1. The van der Waals surface area contributed by atoms with Crippen LogP contribution in [0.1, 0.15) is 46.8 Å². The molecule has 1 saturated heterocycles. The van der Waals surface area contributed by atoms with Gasteiger partial charge in [-0.1, -0.05) is 38.1 Å². The lowest BCUT2D eigenvalue weighted by atomic mass is 9.98. The third-order valence-electron chi connectivity index (χ3n) is 5.64. The molecule has 1 aliphatic heterocycles. The first-order valence-electron chi connectivity index (χ1n) is 10.4. The molecule has 1 heterocycles. The maximum atomic E-state index is 13.8. The van der Waals surface area contributed by atoms with Gasteiger partial charge in [0.15, 0.2) is 0 Å². The Hall–Kier alpha value is -2.73. The molecule has 2 aromatic carbocycles. The second-order valence-electron chi connectivity index (χ2n) is 8.27. The molecule has 0 bridgehead atoms. The minimum Gasteiger partial charge on any atom is -0.336 e. The first-order valence-corrected chi connectivity index (χ1v) is 10.4. The van der Waals surface area contributed by atoms with Crippen molar-refractivity contribution in [3.8, 4) is 0 Å². The molecule has 1 fully saturated rings. The number of hydrogen-bond donors (Lipinski definition) is 1. The molecule has 0 saturated carbocycles. The van der Waals surface area contributed by atoms with Crippen molar-refractivity contribution in [3.63, 3.8) is 0 Å². The van der Waals surface area contributed by atoms with Crippen LogP contribution in [0.3, 0.4) is 0 Å². The highest BCUT2D eigenvalue weighted by atomic mass is 19.1. The summed E-state index contributed by atoms with van der Waals surface area (Å²) < 4.78 is 13.8. The quantitative estimate of drug-likeness (QED) is 0.810. The molecule has 0 spiro atoms. The topological polar surface area (TPSA) is 52.7 Å². The zero-order chi connectivity index (χ0) is 21.8. The molecule has 30 heavy (non-hydrogen) atoms. The van der Waals surface area contributed by atoms with E-state index in [2.05, 4.69) is 19.2 Å². The monoisotopic (exact) mass is 411 g/mol. The highest BCUT2D eigenvalue weighted by Crippen LogP contribution is 2.27. The highest BCUT2D eigenvalue weighted by Gasteiger charge is 2.24. The summed E-state index contributed by atoms with van der Waals surface area (Å²) in [5.41, 5.74) is 3.97. The molecule has 160 valence electrons. The minimum absolute atomic E-state index is 0.0495. The van der Waals surface area contributed by atoms with Crippen molar-refractivity contribution in [3.05, 3.63) is 64.5 Å². The van der Waals surface area contributed by atoms with Gasteiger partial charge in [-0.25, -0.2) is 4.39 Å². The van der Waals surface area contributed by atoms with Crippen molar-refractivity contribution >= 4 is 17.5 Å². The van der Waals surface area contributed by atoms with Crippen LogP contribution in [-0.2, 0) is 4.79 Å². The summed E-state index contributed by atoms with van der Waals surface area (Å²) in [4.78, 5) is 29.0. The molecule has 0 unspecified atom stereocenters. The van der Waals surface area contributed by atoms with Gasteiger partial charge in [0.05, 0.1) is 6.54 Å². The summed E-state index contributed by atoms with van der Waals surface area (Å²) >= 11 is 0. The smallest absolute Gasteiger partial charge is 0.254 e. The summed E-state index contributed by atoms with van der Waals surface area (Å²) in [6, 6.07) is 10.6. The van der Waals surface area contributed by atoms with Gasteiger partial charge in [0.25, 0.3) is 5.91 Å². The SMILES string of the molecule is Cc1ccc(C(=O)N2CCN(CC(=O)Nc3c(C)cccc3C(C)C)CC2)cc1F. The van der Waals surface area contributed by atoms with Crippen molar-refractivity contribution in [1.29, 1.82) is 0 Å². The molecule has 0 aromatic heterocycles. The Balaban J connectivity index is 1.55. The van der Waals surface area contributed by atoms with Crippen LogP contribution in [0.15, 0.2) is 36.4 Å². The molecule has 6 heteroatoms. The van der Waals surface area contributed by atoms with Gasteiger partial charge in [0, 0.05) is 37.4 Å². The van der Waals surface area contributed by atoms with Crippen molar-refractivity contribution in [2.75, 3.05) is 38.0 Å². The predicted octanol–water partition coefficient (Wildman–Crippen LogP) is 3.96. The summed E-state index contributed by atoms with van der Waals surface area (Å²) in [7, 11) is 0. The van der Waals surface area contributed by atoms with Gasteiger partial charge < -0.3 is 10.2 Å². The van der Waals surface area contributed by atoms with Crippen molar-refractivity contribution < 1.29 is 14.0 Å². The zero-order valence-corrected chi connectivity index (χ0v) is 18.2. The second-order valence-corrected chi connectivity index (χ2v) is 8.27. The van der Waals surface area contributed by atoms with Crippen molar-refractivity contribution in [2.24, 2.45) is 0 Å². The molecule has 0 radical (unpaired) electrons. The van der Waals surface area contributed by atoms with E-state index < -0.39 is 0 Å².